The Hall–Kier alpha value is -3.17. The van der Waals surface area contributed by atoms with Crippen molar-refractivity contribution in [2.75, 3.05) is 49.2 Å². The van der Waals surface area contributed by atoms with Gasteiger partial charge in [-0.3, -0.25) is 14.4 Å². The first-order valence-electron chi connectivity index (χ1n) is 16.9. The molecule has 3 heterocycles. The Balaban J connectivity index is 1.66. The number of rotatable bonds is 19. The second kappa shape index (κ2) is 15.4. The molecule has 0 aromatic heterocycles. The van der Waals surface area contributed by atoms with Crippen molar-refractivity contribution in [1.29, 1.82) is 0 Å². The molecule has 0 aliphatic carbocycles. The summed E-state index contributed by atoms with van der Waals surface area (Å²) in [5, 5.41) is 9.23. The van der Waals surface area contributed by atoms with Crippen LogP contribution < -0.4 is 9.80 Å². The number of benzene rings is 1. The smallest absolute Gasteiger partial charge is 0.312 e. The van der Waals surface area contributed by atoms with Crippen molar-refractivity contribution in [2.45, 2.75) is 95.8 Å². The van der Waals surface area contributed by atoms with Gasteiger partial charge in [0.05, 0.1) is 18.1 Å². The van der Waals surface area contributed by atoms with Crippen LogP contribution in [0, 0.1) is 11.8 Å². The number of nitrogens with zero attached hydrogens (tertiary/aromatic N) is 3. The van der Waals surface area contributed by atoms with E-state index in [1.165, 1.54) is 0 Å². The van der Waals surface area contributed by atoms with E-state index in [0.29, 0.717) is 32.2 Å². The van der Waals surface area contributed by atoms with Crippen LogP contribution in [-0.4, -0.2) is 84.4 Å². The zero-order chi connectivity index (χ0) is 32.6. The van der Waals surface area contributed by atoms with Gasteiger partial charge in [-0.05, 0) is 90.0 Å². The quantitative estimate of drug-likeness (QED) is 0.127. The first kappa shape index (κ1) is 34.7. The summed E-state index contributed by atoms with van der Waals surface area (Å²) in [5.74, 6) is -2.39. The molecule has 0 saturated carbocycles. The van der Waals surface area contributed by atoms with Crippen molar-refractivity contribution in [3.63, 3.8) is 0 Å². The summed E-state index contributed by atoms with van der Waals surface area (Å²) in [6.45, 7) is 16.6. The van der Waals surface area contributed by atoms with E-state index in [0.717, 1.165) is 56.6 Å². The Morgan fingerprint density at radius 2 is 1.71 bits per heavy atom. The summed E-state index contributed by atoms with van der Waals surface area (Å²) < 4.78 is 12.5. The number of hydrogen-bond acceptors (Lipinski definition) is 7. The molecule has 9 heteroatoms. The summed E-state index contributed by atoms with van der Waals surface area (Å²) in [4.78, 5) is 48.4. The number of ether oxygens (including phenoxy) is 2. The second-order valence-corrected chi connectivity index (χ2v) is 12.8. The average molecular weight is 624 g/mol. The molecule has 4 rings (SSSR count). The lowest BCUT2D eigenvalue weighted by Gasteiger charge is -2.37. The SMILES string of the molecule is C=CCCCCOC(=O)[C@@H]1[C@H]2C(=O)N(CCCCCCO)C(C(=O)N(CC=C)c3ccc(N(CC)CC)cc3)C23CC[C@@]1(C)O3. The number of likely N-dealkylation sites (tertiary alicyclic amines) is 1. The van der Waals surface area contributed by atoms with Gasteiger partial charge in [-0.15, -0.1) is 13.2 Å². The van der Waals surface area contributed by atoms with Crippen LogP contribution in [-0.2, 0) is 23.9 Å². The summed E-state index contributed by atoms with van der Waals surface area (Å²) in [6.07, 6.45) is 10.1. The summed E-state index contributed by atoms with van der Waals surface area (Å²) in [6, 6.07) is 7.06. The number of esters is 1. The fourth-order valence-electron chi connectivity index (χ4n) is 7.74. The first-order chi connectivity index (χ1) is 21.7. The molecule has 1 N–H and O–H groups in total. The number of hydrogen-bond donors (Lipinski definition) is 1. The lowest BCUT2D eigenvalue weighted by atomic mass is 9.66. The molecule has 1 aromatic carbocycles. The normalized spacial score (nSPS) is 26.5. The van der Waals surface area contributed by atoms with E-state index in [1.807, 2.05) is 37.3 Å². The number of aliphatic hydroxyl groups is 1. The lowest BCUT2D eigenvalue weighted by molar-refractivity contribution is -0.159. The van der Waals surface area contributed by atoms with Crippen LogP contribution in [0.25, 0.3) is 0 Å². The highest BCUT2D eigenvalue weighted by atomic mass is 16.6. The minimum absolute atomic E-state index is 0.127. The molecule has 45 heavy (non-hydrogen) atoms. The third-order valence-corrected chi connectivity index (χ3v) is 9.99. The van der Waals surface area contributed by atoms with E-state index >= 15 is 0 Å². The fraction of sp³-hybridized carbons (Fsp3) is 0.639. The monoisotopic (exact) mass is 623 g/mol. The highest BCUT2D eigenvalue weighted by Gasteiger charge is 2.78. The molecule has 2 unspecified atom stereocenters. The largest absolute Gasteiger partial charge is 0.465 e. The van der Waals surface area contributed by atoms with Gasteiger partial charge in [-0.25, -0.2) is 0 Å². The molecule has 3 aliphatic rings. The number of aliphatic hydroxyl groups excluding tert-OH is 1. The second-order valence-electron chi connectivity index (χ2n) is 12.8. The molecular weight excluding hydrogens is 570 g/mol. The van der Waals surface area contributed by atoms with E-state index in [1.54, 1.807) is 15.9 Å². The Bertz CT molecular complexity index is 1200. The number of carbonyl (C=O) groups excluding carboxylic acids is 3. The molecule has 3 saturated heterocycles. The van der Waals surface area contributed by atoms with Crippen molar-refractivity contribution in [2.24, 2.45) is 11.8 Å². The predicted molar refractivity (Wildman–Crippen MR) is 177 cm³/mol. The summed E-state index contributed by atoms with van der Waals surface area (Å²) in [5.41, 5.74) is -0.189. The Morgan fingerprint density at radius 3 is 2.36 bits per heavy atom. The number of anilines is 2. The molecule has 9 nitrogen and oxygen atoms in total. The maximum atomic E-state index is 14.8. The van der Waals surface area contributed by atoms with Crippen LogP contribution in [0.15, 0.2) is 49.6 Å². The van der Waals surface area contributed by atoms with E-state index < -0.39 is 35.0 Å². The zero-order valence-corrected chi connectivity index (χ0v) is 27.5. The van der Waals surface area contributed by atoms with Crippen LogP contribution >= 0.6 is 0 Å². The molecule has 3 aliphatic heterocycles. The first-order valence-corrected chi connectivity index (χ1v) is 16.9. The average Bonchev–Trinajstić information content (AvgIpc) is 3.60. The molecule has 5 atom stereocenters. The minimum atomic E-state index is -1.11. The molecule has 1 spiro atoms. The molecule has 0 radical (unpaired) electrons. The van der Waals surface area contributed by atoms with Crippen LogP contribution in [0.4, 0.5) is 11.4 Å². The maximum Gasteiger partial charge on any atom is 0.312 e. The molecule has 2 bridgehead atoms. The van der Waals surface area contributed by atoms with Gasteiger partial charge in [0, 0.05) is 44.2 Å². The van der Waals surface area contributed by atoms with Crippen molar-refractivity contribution in [3.8, 4) is 0 Å². The highest BCUT2D eigenvalue weighted by molar-refractivity contribution is 6.05. The van der Waals surface area contributed by atoms with Crippen LogP contribution in [0.2, 0.25) is 0 Å². The van der Waals surface area contributed by atoms with Crippen molar-refractivity contribution < 1.29 is 29.0 Å². The standard InChI is InChI=1S/C36H53N3O6/c1-6-10-11-16-26-44-34(43)30-29-32(41)39(24-14-12-13-15-25-40)31(36(29)22-21-35(30,5)45-36)33(42)38(23-7-2)28-19-17-27(18-20-28)37(8-3)9-4/h6-7,17-20,29-31,40H,1-2,8-16,21-26H2,3-5H3/t29-,30-,31?,35+,36?/m0/s1. The van der Waals surface area contributed by atoms with Crippen LogP contribution in [0.5, 0.6) is 0 Å². The molecule has 3 fully saturated rings. The van der Waals surface area contributed by atoms with E-state index in [4.69, 9.17) is 9.47 Å². The topological polar surface area (TPSA) is 99.6 Å². The zero-order valence-electron chi connectivity index (χ0n) is 27.5. The Morgan fingerprint density at radius 1 is 1.02 bits per heavy atom. The van der Waals surface area contributed by atoms with E-state index in [9.17, 15) is 19.5 Å². The van der Waals surface area contributed by atoms with E-state index in [-0.39, 0.29) is 31.6 Å². The van der Waals surface area contributed by atoms with E-state index in [2.05, 4.69) is 31.9 Å². The third kappa shape index (κ3) is 6.85. The van der Waals surface area contributed by atoms with Gasteiger partial charge in [0.15, 0.2) is 0 Å². The molecule has 1 aromatic rings. The van der Waals surface area contributed by atoms with Gasteiger partial charge >= 0.3 is 5.97 Å². The Labute approximate surface area is 269 Å². The van der Waals surface area contributed by atoms with Crippen molar-refractivity contribution in [1.82, 2.24) is 4.90 Å². The Kier molecular flexibility index (Phi) is 11.9. The number of carbonyl (C=O) groups is 3. The molecule has 248 valence electrons. The van der Waals surface area contributed by atoms with Crippen molar-refractivity contribution >= 4 is 29.2 Å². The minimum Gasteiger partial charge on any atom is -0.465 e. The van der Waals surface area contributed by atoms with Gasteiger partial charge in [0.25, 0.3) is 5.91 Å². The lowest BCUT2D eigenvalue weighted by Crippen LogP contribution is -2.56. The summed E-state index contributed by atoms with van der Waals surface area (Å²) in [7, 11) is 0. The van der Waals surface area contributed by atoms with Crippen molar-refractivity contribution in [3.05, 3.63) is 49.6 Å². The predicted octanol–water partition coefficient (Wildman–Crippen LogP) is 5.27. The molecule has 2 amide bonds. The van der Waals surface area contributed by atoms with Gasteiger partial charge in [-0.1, -0.05) is 25.0 Å². The number of fused-ring (bicyclic) bond motifs is 1. The van der Waals surface area contributed by atoms with Gasteiger partial charge < -0.3 is 29.3 Å². The van der Waals surface area contributed by atoms with Gasteiger partial charge in [-0.2, -0.15) is 0 Å². The van der Waals surface area contributed by atoms with Gasteiger partial charge in [0.2, 0.25) is 5.91 Å². The van der Waals surface area contributed by atoms with Crippen LogP contribution in [0.3, 0.4) is 0 Å². The highest BCUT2D eigenvalue weighted by Crippen LogP contribution is 2.63. The summed E-state index contributed by atoms with van der Waals surface area (Å²) >= 11 is 0. The number of unbranched alkanes of at least 4 members (excludes halogenated alkanes) is 5. The van der Waals surface area contributed by atoms with Crippen LogP contribution in [0.1, 0.15) is 78.6 Å². The maximum absolute atomic E-state index is 14.8. The molecular formula is C36H53N3O6. The number of allylic oxidation sites excluding steroid dienone is 1. The van der Waals surface area contributed by atoms with Gasteiger partial charge in [0.1, 0.15) is 17.6 Å². The fourth-order valence-corrected chi connectivity index (χ4v) is 7.74. The third-order valence-electron chi connectivity index (χ3n) is 9.99. The number of amides is 2.